The molecule has 62 valence electrons. The molecule has 0 rings (SSSR count). The van der Waals surface area contributed by atoms with Crippen molar-refractivity contribution >= 4 is 44.5 Å². The molecule has 0 spiro atoms. The van der Waals surface area contributed by atoms with E-state index in [0.29, 0.717) is 6.54 Å². The van der Waals surface area contributed by atoms with E-state index in [1.807, 2.05) is 0 Å². The van der Waals surface area contributed by atoms with Crippen molar-refractivity contribution in [3.8, 4) is 0 Å². The molecule has 10 heavy (non-hydrogen) atoms. The zero-order chi connectivity index (χ0) is 8.20. The maximum absolute atomic E-state index is 11.0. The number of alkyl halides is 1. The molecule has 3 nitrogen and oxygen atoms in total. The average Bonchev–Trinajstić information content (AvgIpc) is 1.86. The van der Waals surface area contributed by atoms with Crippen molar-refractivity contribution in [2.75, 3.05) is 18.2 Å². The summed E-state index contributed by atoms with van der Waals surface area (Å²) in [5.41, 5.74) is 0. The van der Waals surface area contributed by atoms with Crippen LogP contribution in [0.4, 0.5) is 0 Å². The zero-order valence-corrected chi connectivity index (χ0v) is 9.28. The normalized spacial score (nSPS) is 12.4. The van der Waals surface area contributed by atoms with Gasteiger partial charge in [-0.15, -0.1) is 14.1 Å². The fourth-order valence-electron chi connectivity index (χ4n) is 0.393. The highest BCUT2D eigenvalue weighted by molar-refractivity contribution is 14.1. The van der Waals surface area contributed by atoms with E-state index in [1.54, 1.807) is 29.8 Å². The van der Waals surface area contributed by atoms with E-state index in [-0.39, 0.29) is 11.6 Å². The number of halogens is 2. The third-order valence-electron chi connectivity index (χ3n) is 0.886. The zero-order valence-electron chi connectivity index (χ0n) is 5.55. The lowest BCUT2D eigenvalue weighted by atomic mass is 10.8. The lowest BCUT2D eigenvalue weighted by molar-refractivity contribution is 0.561. The van der Waals surface area contributed by atoms with Gasteiger partial charge in [0.05, 0.1) is 5.75 Å². The Morgan fingerprint density at radius 2 is 2.10 bits per heavy atom. The Morgan fingerprint density at radius 1 is 1.60 bits per heavy atom. The molecule has 0 aliphatic carbocycles. The molecular formula is C4H9ClINO2S. The quantitative estimate of drug-likeness (QED) is 0.445. The summed E-state index contributed by atoms with van der Waals surface area (Å²) in [6, 6.07) is 0. The molecule has 0 aromatic rings. The molecule has 0 fully saturated rings. The van der Waals surface area contributed by atoms with Crippen molar-refractivity contribution in [1.29, 1.82) is 0 Å². The van der Waals surface area contributed by atoms with E-state index in [0.717, 1.165) is 0 Å². The molecule has 0 N–H and O–H groups in total. The first-order chi connectivity index (χ1) is 4.54. The number of rotatable bonds is 4. The molecule has 0 aliphatic rings. The molecule has 0 saturated carbocycles. The largest absolute Gasteiger partial charge is 0.223 e. The van der Waals surface area contributed by atoms with Gasteiger partial charge in [0.1, 0.15) is 0 Å². The topological polar surface area (TPSA) is 37.4 Å². The van der Waals surface area contributed by atoms with Crippen molar-refractivity contribution in [2.45, 2.75) is 6.92 Å². The van der Waals surface area contributed by atoms with Gasteiger partial charge in [-0.25, -0.2) is 8.42 Å². The predicted octanol–water partition coefficient (Wildman–Crippen LogP) is 1.23. The Morgan fingerprint density at radius 3 is 2.40 bits per heavy atom. The molecule has 0 aliphatic heterocycles. The van der Waals surface area contributed by atoms with Gasteiger partial charge in [0.15, 0.2) is 0 Å². The first kappa shape index (κ1) is 10.9. The van der Waals surface area contributed by atoms with Crippen LogP contribution in [0.1, 0.15) is 6.92 Å². The van der Waals surface area contributed by atoms with Crippen LogP contribution in [0.3, 0.4) is 0 Å². The van der Waals surface area contributed by atoms with Gasteiger partial charge in [0, 0.05) is 35.3 Å². The second kappa shape index (κ2) is 4.74. The lowest BCUT2D eigenvalue weighted by Crippen LogP contribution is -2.24. The van der Waals surface area contributed by atoms with Gasteiger partial charge in [-0.2, -0.15) is 0 Å². The van der Waals surface area contributed by atoms with Gasteiger partial charge in [-0.05, 0) is 0 Å². The maximum Gasteiger partial charge on any atom is 0.223 e. The van der Waals surface area contributed by atoms with Gasteiger partial charge in [0.25, 0.3) is 0 Å². The van der Waals surface area contributed by atoms with E-state index >= 15 is 0 Å². The first-order valence-electron chi connectivity index (χ1n) is 2.76. The SMILES string of the molecule is CCN(I)S(=O)(=O)CCCl. The minimum absolute atomic E-state index is 0.0192. The van der Waals surface area contributed by atoms with Crippen LogP contribution in [-0.2, 0) is 10.0 Å². The molecule has 0 aromatic heterocycles. The van der Waals surface area contributed by atoms with Gasteiger partial charge in [0.2, 0.25) is 10.0 Å². The first-order valence-corrected chi connectivity index (χ1v) is 5.87. The Bertz CT molecular complexity index is 182. The smallest absolute Gasteiger partial charge is 0.211 e. The Balaban J connectivity index is 4.12. The molecule has 0 bridgehead atoms. The molecule has 0 aromatic carbocycles. The molecule has 0 amide bonds. The van der Waals surface area contributed by atoms with Crippen molar-refractivity contribution in [2.24, 2.45) is 0 Å². The summed E-state index contributed by atoms with van der Waals surface area (Å²) in [7, 11) is -3.07. The summed E-state index contributed by atoms with van der Waals surface area (Å²) in [6.07, 6.45) is 0. The van der Waals surface area contributed by atoms with Crippen molar-refractivity contribution in [3.63, 3.8) is 0 Å². The molecule has 0 heterocycles. The van der Waals surface area contributed by atoms with Crippen LogP contribution in [-0.4, -0.2) is 29.1 Å². The standard InChI is InChI=1S/C4H9ClINO2S/c1-2-7(6)10(8,9)4-3-5/h2-4H2,1H3. The summed E-state index contributed by atoms with van der Waals surface area (Å²) in [5.74, 6) is 0.174. The fourth-order valence-corrected chi connectivity index (χ4v) is 2.36. The second-order valence-electron chi connectivity index (χ2n) is 1.61. The summed E-state index contributed by atoms with van der Waals surface area (Å²) in [4.78, 5) is 0. The van der Waals surface area contributed by atoms with Gasteiger partial charge in [-0.1, -0.05) is 6.92 Å². The van der Waals surface area contributed by atoms with Crippen molar-refractivity contribution in [3.05, 3.63) is 0 Å². The summed E-state index contributed by atoms with van der Waals surface area (Å²) in [5, 5.41) is 0. The van der Waals surface area contributed by atoms with Gasteiger partial charge < -0.3 is 0 Å². The minimum Gasteiger partial charge on any atom is -0.211 e. The Labute approximate surface area is 80.3 Å². The van der Waals surface area contributed by atoms with Gasteiger partial charge in [-0.3, -0.25) is 0 Å². The van der Waals surface area contributed by atoms with Crippen LogP contribution in [0.2, 0.25) is 0 Å². The molecule has 0 radical (unpaired) electrons. The van der Waals surface area contributed by atoms with E-state index in [2.05, 4.69) is 0 Å². The third-order valence-corrected chi connectivity index (χ3v) is 5.36. The highest BCUT2D eigenvalue weighted by atomic mass is 127. The van der Waals surface area contributed by atoms with Crippen molar-refractivity contribution in [1.82, 2.24) is 2.52 Å². The lowest BCUT2D eigenvalue weighted by Gasteiger charge is -2.10. The number of hydrogen-bond donors (Lipinski definition) is 0. The average molecular weight is 298 g/mol. The molecule has 0 unspecified atom stereocenters. The number of sulfonamides is 1. The van der Waals surface area contributed by atoms with Crippen LogP contribution in [0.5, 0.6) is 0 Å². The molecular weight excluding hydrogens is 288 g/mol. The number of nitrogens with zero attached hydrogens (tertiary/aromatic N) is 1. The van der Waals surface area contributed by atoms with Crippen LogP contribution in [0, 0.1) is 0 Å². The van der Waals surface area contributed by atoms with Crippen LogP contribution in [0.25, 0.3) is 0 Å². The molecule has 0 atom stereocenters. The minimum atomic E-state index is -3.07. The number of hydrogen-bond acceptors (Lipinski definition) is 2. The van der Waals surface area contributed by atoms with Gasteiger partial charge >= 0.3 is 0 Å². The maximum atomic E-state index is 11.0. The van der Waals surface area contributed by atoms with Crippen molar-refractivity contribution < 1.29 is 8.42 Å². The van der Waals surface area contributed by atoms with Crippen LogP contribution in [0.15, 0.2) is 0 Å². The molecule has 6 heteroatoms. The second-order valence-corrected chi connectivity index (χ2v) is 5.82. The molecule has 0 saturated heterocycles. The van der Waals surface area contributed by atoms with E-state index < -0.39 is 10.0 Å². The van der Waals surface area contributed by atoms with E-state index in [9.17, 15) is 8.42 Å². The third kappa shape index (κ3) is 3.36. The van der Waals surface area contributed by atoms with Crippen LogP contribution < -0.4 is 0 Å². The monoisotopic (exact) mass is 297 g/mol. The predicted molar refractivity (Wildman–Crippen MR) is 50.9 cm³/mol. The van der Waals surface area contributed by atoms with Crippen LogP contribution >= 0.6 is 34.5 Å². The Kier molecular flexibility index (Phi) is 5.18. The summed E-state index contributed by atoms with van der Waals surface area (Å²) in [6.45, 7) is 2.26. The Hall–Kier alpha value is 0.930. The van der Waals surface area contributed by atoms with E-state index in [1.165, 1.54) is 2.52 Å². The fraction of sp³-hybridized carbons (Fsp3) is 1.00. The highest BCUT2D eigenvalue weighted by Crippen LogP contribution is 2.07. The summed E-state index contributed by atoms with van der Waals surface area (Å²) >= 11 is 7.04. The highest BCUT2D eigenvalue weighted by Gasteiger charge is 2.15. The summed E-state index contributed by atoms with van der Waals surface area (Å²) < 4.78 is 23.2. The van der Waals surface area contributed by atoms with E-state index in [4.69, 9.17) is 11.6 Å².